The molecule has 92 valence electrons. The van der Waals surface area contributed by atoms with Crippen LogP contribution >= 0.6 is 0 Å². The van der Waals surface area contributed by atoms with Gasteiger partial charge >= 0.3 is 0 Å². The lowest BCUT2D eigenvalue weighted by Crippen LogP contribution is -2.18. The summed E-state index contributed by atoms with van der Waals surface area (Å²) in [6, 6.07) is 16.5. The number of carbonyl (C=O) groups is 1. The Morgan fingerprint density at radius 2 is 1.72 bits per heavy atom. The highest BCUT2D eigenvalue weighted by Crippen LogP contribution is 2.28. The van der Waals surface area contributed by atoms with Crippen LogP contribution in [0.3, 0.4) is 0 Å². The second-order valence-corrected chi connectivity index (χ2v) is 5.24. The molecule has 18 heavy (non-hydrogen) atoms. The van der Waals surface area contributed by atoms with Gasteiger partial charge in [0, 0.05) is 5.41 Å². The third-order valence-corrected chi connectivity index (χ3v) is 3.36. The first-order chi connectivity index (χ1) is 8.54. The van der Waals surface area contributed by atoms with E-state index < -0.39 is 5.41 Å². The molecule has 0 atom stereocenters. The first kappa shape index (κ1) is 12.6. The van der Waals surface area contributed by atoms with Crippen LogP contribution in [0, 0.1) is 6.92 Å². The van der Waals surface area contributed by atoms with Crippen molar-refractivity contribution < 1.29 is 4.79 Å². The van der Waals surface area contributed by atoms with E-state index in [1.165, 1.54) is 16.7 Å². The van der Waals surface area contributed by atoms with Crippen molar-refractivity contribution in [3.8, 4) is 11.1 Å². The number of aldehydes is 1. The zero-order valence-electron chi connectivity index (χ0n) is 11.1. The quantitative estimate of drug-likeness (QED) is 0.734. The minimum absolute atomic E-state index is 0.432. The summed E-state index contributed by atoms with van der Waals surface area (Å²) >= 11 is 0. The monoisotopic (exact) mass is 238 g/mol. The molecule has 0 bridgehead atoms. The fourth-order valence-electron chi connectivity index (χ4n) is 2.05. The van der Waals surface area contributed by atoms with Crippen LogP contribution < -0.4 is 0 Å². The lowest BCUT2D eigenvalue weighted by Gasteiger charge is -2.18. The van der Waals surface area contributed by atoms with E-state index in [9.17, 15) is 4.79 Å². The summed E-state index contributed by atoms with van der Waals surface area (Å²) < 4.78 is 0. The topological polar surface area (TPSA) is 17.1 Å². The summed E-state index contributed by atoms with van der Waals surface area (Å²) in [5, 5.41) is 0. The van der Waals surface area contributed by atoms with Crippen LogP contribution in [0.25, 0.3) is 11.1 Å². The maximum absolute atomic E-state index is 11.1. The normalized spacial score (nSPS) is 11.3. The summed E-state index contributed by atoms with van der Waals surface area (Å²) in [5.41, 5.74) is 4.26. The summed E-state index contributed by atoms with van der Waals surface area (Å²) in [7, 11) is 0. The number of benzene rings is 2. The van der Waals surface area contributed by atoms with Gasteiger partial charge in [-0.25, -0.2) is 0 Å². The number of hydrogen-bond donors (Lipinski definition) is 0. The van der Waals surface area contributed by atoms with E-state index >= 15 is 0 Å². The van der Waals surface area contributed by atoms with Gasteiger partial charge in [0.05, 0.1) is 0 Å². The minimum Gasteiger partial charge on any atom is -0.302 e. The molecule has 0 N–H and O–H groups in total. The highest BCUT2D eigenvalue weighted by molar-refractivity contribution is 5.72. The van der Waals surface area contributed by atoms with Crippen LogP contribution in [0.5, 0.6) is 0 Å². The van der Waals surface area contributed by atoms with Gasteiger partial charge in [0.25, 0.3) is 0 Å². The molecule has 2 aromatic rings. The van der Waals surface area contributed by atoms with E-state index in [4.69, 9.17) is 0 Å². The van der Waals surface area contributed by atoms with Gasteiger partial charge in [-0.1, -0.05) is 48.5 Å². The van der Waals surface area contributed by atoms with Crippen molar-refractivity contribution in [2.45, 2.75) is 26.2 Å². The predicted molar refractivity (Wildman–Crippen MR) is 75.7 cm³/mol. The van der Waals surface area contributed by atoms with E-state index in [0.29, 0.717) is 0 Å². The standard InChI is InChI=1S/C17H18O/c1-13-7-4-5-10-16(13)14-8-6-9-15(11-14)17(2,3)12-18/h4-12H,1-3H3. The predicted octanol–water partition coefficient (Wildman–Crippen LogP) is 4.14. The third kappa shape index (κ3) is 2.35. The Hall–Kier alpha value is -1.89. The van der Waals surface area contributed by atoms with Gasteiger partial charge < -0.3 is 4.79 Å². The fraction of sp³-hybridized carbons (Fsp3) is 0.235. The molecule has 0 radical (unpaired) electrons. The molecule has 0 aliphatic heterocycles. The van der Waals surface area contributed by atoms with Crippen molar-refractivity contribution in [2.24, 2.45) is 0 Å². The Morgan fingerprint density at radius 3 is 2.39 bits per heavy atom. The Labute approximate surface area is 108 Å². The number of hydrogen-bond acceptors (Lipinski definition) is 1. The summed E-state index contributed by atoms with van der Waals surface area (Å²) in [5.74, 6) is 0. The Bertz CT molecular complexity index is 567. The van der Waals surface area contributed by atoms with Crippen LogP contribution in [0.4, 0.5) is 0 Å². The van der Waals surface area contributed by atoms with Crippen molar-refractivity contribution in [1.29, 1.82) is 0 Å². The van der Waals surface area contributed by atoms with Crippen molar-refractivity contribution in [3.63, 3.8) is 0 Å². The van der Waals surface area contributed by atoms with E-state index in [1.807, 2.05) is 38.1 Å². The summed E-state index contributed by atoms with van der Waals surface area (Å²) in [4.78, 5) is 11.1. The maximum atomic E-state index is 11.1. The molecule has 1 nitrogen and oxygen atoms in total. The Balaban J connectivity index is 2.52. The van der Waals surface area contributed by atoms with Gasteiger partial charge in [-0.15, -0.1) is 0 Å². The van der Waals surface area contributed by atoms with Crippen LogP contribution in [0.15, 0.2) is 48.5 Å². The van der Waals surface area contributed by atoms with Gasteiger partial charge in [-0.05, 0) is 43.0 Å². The minimum atomic E-state index is -0.432. The van der Waals surface area contributed by atoms with E-state index in [-0.39, 0.29) is 0 Å². The first-order valence-corrected chi connectivity index (χ1v) is 6.17. The van der Waals surface area contributed by atoms with Crippen LogP contribution in [-0.2, 0) is 10.2 Å². The van der Waals surface area contributed by atoms with Gasteiger partial charge in [-0.2, -0.15) is 0 Å². The van der Waals surface area contributed by atoms with Crippen molar-refractivity contribution in [1.82, 2.24) is 0 Å². The first-order valence-electron chi connectivity index (χ1n) is 6.17. The molecule has 2 aromatic carbocycles. The lowest BCUT2D eigenvalue weighted by molar-refractivity contribution is -0.111. The van der Waals surface area contributed by atoms with Crippen molar-refractivity contribution in [2.75, 3.05) is 0 Å². The van der Waals surface area contributed by atoms with E-state index in [0.717, 1.165) is 11.8 Å². The number of rotatable bonds is 3. The molecule has 0 fully saturated rings. The fourth-order valence-corrected chi connectivity index (χ4v) is 2.05. The van der Waals surface area contributed by atoms with Gasteiger partial charge in [0.1, 0.15) is 6.29 Å². The molecule has 0 saturated carbocycles. The highest BCUT2D eigenvalue weighted by Gasteiger charge is 2.19. The molecule has 0 aliphatic rings. The summed E-state index contributed by atoms with van der Waals surface area (Å²) in [6.07, 6.45) is 1.00. The molecular formula is C17H18O. The Kier molecular flexibility index (Phi) is 3.33. The van der Waals surface area contributed by atoms with Crippen LogP contribution in [0.2, 0.25) is 0 Å². The number of carbonyl (C=O) groups excluding carboxylic acids is 1. The average molecular weight is 238 g/mol. The highest BCUT2D eigenvalue weighted by atomic mass is 16.1. The Morgan fingerprint density at radius 1 is 1.00 bits per heavy atom. The smallest absolute Gasteiger partial charge is 0.129 e. The largest absolute Gasteiger partial charge is 0.302 e. The van der Waals surface area contributed by atoms with Crippen molar-refractivity contribution in [3.05, 3.63) is 59.7 Å². The van der Waals surface area contributed by atoms with Crippen molar-refractivity contribution >= 4 is 6.29 Å². The van der Waals surface area contributed by atoms with Gasteiger partial charge in [-0.3, -0.25) is 0 Å². The second-order valence-electron chi connectivity index (χ2n) is 5.24. The lowest BCUT2D eigenvalue weighted by atomic mass is 9.84. The molecule has 0 saturated heterocycles. The van der Waals surface area contributed by atoms with E-state index in [1.54, 1.807) is 0 Å². The van der Waals surface area contributed by atoms with Gasteiger partial charge in [0.15, 0.2) is 0 Å². The van der Waals surface area contributed by atoms with Crippen LogP contribution in [-0.4, -0.2) is 6.29 Å². The SMILES string of the molecule is Cc1ccccc1-c1cccc(C(C)(C)C=O)c1. The molecule has 0 heterocycles. The molecule has 1 heteroatoms. The van der Waals surface area contributed by atoms with E-state index in [2.05, 4.69) is 31.2 Å². The summed E-state index contributed by atoms with van der Waals surface area (Å²) in [6.45, 7) is 5.99. The molecule has 0 amide bonds. The second kappa shape index (κ2) is 4.77. The molecule has 0 aliphatic carbocycles. The van der Waals surface area contributed by atoms with Crippen LogP contribution in [0.1, 0.15) is 25.0 Å². The average Bonchev–Trinajstić information content (AvgIpc) is 2.39. The zero-order valence-corrected chi connectivity index (χ0v) is 11.1. The zero-order chi connectivity index (χ0) is 13.2. The molecule has 2 rings (SSSR count). The molecular weight excluding hydrogens is 220 g/mol. The number of aryl methyl sites for hydroxylation is 1. The van der Waals surface area contributed by atoms with Gasteiger partial charge in [0.2, 0.25) is 0 Å². The molecule has 0 aromatic heterocycles. The molecule has 0 spiro atoms. The molecule has 0 unspecified atom stereocenters. The maximum Gasteiger partial charge on any atom is 0.129 e. The third-order valence-electron chi connectivity index (χ3n) is 3.36.